The maximum absolute atomic E-state index is 11.6. The number of carbonyl (C=O) groups is 1. The van der Waals surface area contributed by atoms with Gasteiger partial charge in [0.25, 0.3) is 0 Å². The van der Waals surface area contributed by atoms with E-state index >= 15 is 0 Å². The highest BCUT2D eigenvalue weighted by Gasteiger charge is 2.20. The Labute approximate surface area is 103 Å². The van der Waals surface area contributed by atoms with Gasteiger partial charge in [-0.25, -0.2) is 4.79 Å². The molecule has 17 heavy (non-hydrogen) atoms. The quantitative estimate of drug-likeness (QED) is 0.721. The van der Waals surface area contributed by atoms with Gasteiger partial charge in [-0.15, -0.1) is 10.2 Å². The summed E-state index contributed by atoms with van der Waals surface area (Å²) in [5, 5.41) is 7.56. The van der Waals surface area contributed by atoms with Crippen molar-refractivity contribution in [3.63, 3.8) is 0 Å². The van der Waals surface area contributed by atoms with E-state index in [1.54, 1.807) is 24.7 Å². The fourth-order valence-electron chi connectivity index (χ4n) is 1.31. The molecule has 0 aromatic carbocycles. The molecule has 1 heterocycles. The molecule has 1 rings (SSSR count). The highest BCUT2D eigenvalue weighted by Crippen LogP contribution is 2.07. The van der Waals surface area contributed by atoms with Crippen LogP contribution in [0.3, 0.4) is 0 Å². The molecule has 1 aromatic rings. The summed E-state index contributed by atoms with van der Waals surface area (Å²) in [6.45, 7) is 6.07. The van der Waals surface area contributed by atoms with Gasteiger partial charge in [0.15, 0.2) is 0 Å². The maximum Gasteiger partial charge on any atom is 0.376 e. The Bertz CT molecular complexity index is 430. The van der Waals surface area contributed by atoms with E-state index in [1.165, 1.54) is 0 Å². The predicted molar refractivity (Wildman–Crippen MR) is 64.2 cm³/mol. The zero-order valence-electron chi connectivity index (χ0n) is 10.5. The molecule has 2 atom stereocenters. The fraction of sp³-hybridized carbons (Fsp3) is 0.700. The Hall–Kier alpha value is -1.24. The highest BCUT2D eigenvalue weighted by atomic mass is 32.2. The van der Waals surface area contributed by atoms with Crippen molar-refractivity contribution in [1.82, 2.24) is 14.8 Å². The van der Waals surface area contributed by atoms with Gasteiger partial charge in [0.1, 0.15) is 5.82 Å². The van der Waals surface area contributed by atoms with Gasteiger partial charge in [-0.1, -0.05) is 0 Å². The average molecular weight is 259 g/mol. The van der Waals surface area contributed by atoms with Crippen LogP contribution in [0, 0.1) is 6.92 Å². The Kier molecular flexibility index (Phi) is 4.80. The molecule has 96 valence electrons. The summed E-state index contributed by atoms with van der Waals surface area (Å²) in [4.78, 5) is 11.6. The van der Waals surface area contributed by atoms with Gasteiger partial charge in [0.05, 0.1) is 6.61 Å². The lowest BCUT2D eigenvalue weighted by Gasteiger charge is -2.12. The first-order valence-corrected chi connectivity index (χ1v) is 6.98. The topological polar surface area (TPSA) is 74.1 Å². The predicted octanol–water partition coefficient (Wildman–Crippen LogP) is 0.530. The first-order valence-electron chi connectivity index (χ1n) is 5.36. The minimum absolute atomic E-state index is 0.0714. The first-order chi connectivity index (χ1) is 7.97. The second kappa shape index (κ2) is 5.90. The Morgan fingerprint density at radius 3 is 2.71 bits per heavy atom. The van der Waals surface area contributed by atoms with E-state index in [2.05, 4.69) is 10.2 Å². The van der Waals surface area contributed by atoms with Crippen LogP contribution in [-0.2, 0) is 22.1 Å². The van der Waals surface area contributed by atoms with E-state index in [0.29, 0.717) is 19.0 Å². The van der Waals surface area contributed by atoms with Crippen LogP contribution in [-0.4, -0.2) is 43.1 Å². The van der Waals surface area contributed by atoms with Crippen molar-refractivity contribution in [2.75, 3.05) is 12.9 Å². The Balaban J connectivity index is 2.94. The second-order valence-corrected chi connectivity index (χ2v) is 5.51. The van der Waals surface area contributed by atoms with Crippen molar-refractivity contribution in [2.24, 2.45) is 0 Å². The molecule has 0 N–H and O–H groups in total. The minimum atomic E-state index is -0.957. The lowest BCUT2D eigenvalue weighted by atomic mass is 10.4. The van der Waals surface area contributed by atoms with Crippen LogP contribution in [0.2, 0.25) is 0 Å². The lowest BCUT2D eigenvalue weighted by molar-refractivity contribution is 0.0505. The van der Waals surface area contributed by atoms with Crippen LogP contribution in [0.4, 0.5) is 0 Å². The van der Waals surface area contributed by atoms with E-state index in [9.17, 15) is 9.00 Å². The number of aryl methyl sites for hydroxylation is 1. The summed E-state index contributed by atoms with van der Waals surface area (Å²) in [5.41, 5.74) is 0. The molecule has 7 heteroatoms. The van der Waals surface area contributed by atoms with Crippen LogP contribution in [0.15, 0.2) is 0 Å². The van der Waals surface area contributed by atoms with Gasteiger partial charge in [0.2, 0.25) is 5.82 Å². The number of esters is 1. The molecule has 0 saturated carbocycles. The monoisotopic (exact) mass is 259 g/mol. The third-order valence-electron chi connectivity index (χ3n) is 2.40. The van der Waals surface area contributed by atoms with Crippen LogP contribution in [0.5, 0.6) is 0 Å². The van der Waals surface area contributed by atoms with Crippen molar-refractivity contribution >= 4 is 16.8 Å². The standard InChI is InChI=1S/C10H17N3O3S/c1-5-16-10(14)9-12-11-8(3)13(9)6-7(2)17(4)15/h7H,5-6H2,1-4H3. The van der Waals surface area contributed by atoms with Gasteiger partial charge in [-0.3, -0.25) is 4.21 Å². The molecular weight excluding hydrogens is 242 g/mol. The van der Waals surface area contributed by atoms with Crippen LogP contribution < -0.4 is 0 Å². The molecule has 1 aromatic heterocycles. The molecule has 0 aliphatic rings. The SMILES string of the molecule is CCOC(=O)c1nnc(C)n1CC(C)S(C)=O. The molecule has 0 bridgehead atoms. The van der Waals surface area contributed by atoms with E-state index < -0.39 is 16.8 Å². The van der Waals surface area contributed by atoms with Crippen molar-refractivity contribution in [3.8, 4) is 0 Å². The van der Waals surface area contributed by atoms with E-state index in [4.69, 9.17) is 4.74 Å². The number of hydrogen-bond donors (Lipinski definition) is 0. The van der Waals surface area contributed by atoms with E-state index in [1.807, 2.05) is 6.92 Å². The number of carbonyl (C=O) groups excluding carboxylic acids is 1. The van der Waals surface area contributed by atoms with Crippen LogP contribution in [0.1, 0.15) is 30.3 Å². The first kappa shape index (κ1) is 13.8. The summed E-state index contributed by atoms with van der Waals surface area (Å²) >= 11 is 0. The summed E-state index contributed by atoms with van der Waals surface area (Å²) in [6, 6.07) is 0. The molecule has 0 spiro atoms. The number of rotatable bonds is 5. The molecule has 0 fully saturated rings. The number of hydrogen-bond acceptors (Lipinski definition) is 5. The normalized spacial score (nSPS) is 14.4. The van der Waals surface area contributed by atoms with Gasteiger partial charge < -0.3 is 9.30 Å². The number of aromatic nitrogens is 3. The zero-order valence-corrected chi connectivity index (χ0v) is 11.3. The maximum atomic E-state index is 11.6. The van der Waals surface area contributed by atoms with Crippen molar-refractivity contribution in [3.05, 3.63) is 11.6 Å². The van der Waals surface area contributed by atoms with Crippen molar-refractivity contribution < 1.29 is 13.7 Å². The van der Waals surface area contributed by atoms with Gasteiger partial charge in [0, 0.05) is 28.9 Å². The van der Waals surface area contributed by atoms with Gasteiger partial charge in [-0.2, -0.15) is 0 Å². The van der Waals surface area contributed by atoms with E-state index in [0.717, 1.165) is 0 Å². The van der Waals surface area contributed by atoms with E-state index in [-0.39, 0.29) is 11.1 Å². The molecule has 0 aliphatic carbocycles. The highest BCUT2D eigenvalue weighted by molar-refractivity contribution is 7.84. The fourth-order valence-corrected chi connectivity index (χ4v) is 1.67. The summed E-state index contributed by atoms with van der Waals surface area (Å²) in [5.74, 6) is 0.286. The second-order valence-electron chi connectivity index (χ2n) is 3.71. The number of nitrogens with zero attached hydrogens (tertiary/aromatic N) is 3. The Morgan fingerprint density at radius 1 is 1.53 bits per heavy atom. The largest absolute Gasteiger partial charge is 0.460 e. The molecule has 2 unspecified atom stereocenters. The summed E-state index contributed by atoms with van der Waals surface area (Å²) in [7, 11) is -0.957. The molecule has 0 aliphatic heterocycles. The average Bonchev–Trinajstić information content (AvgIpc) is 2.61. The minimum Gasteiger partial charge on any atom is -0.460 e. The third-order valence-corrected chi connectivity index (χ3v) is 3.68. The number of ether oxygens (including phenoxy) is 1. The van der Waals surface area contributed by atoms with Gasteiger partial charge >= 0.3 is 5.97 Å². The molecule has 0 radical (unpaired) electrons. The van der Waals surface area contributed by atoms with Crippen molar-refractivity contribution in [1.29, 1.82) is 0 Å². The summed E-state index contributed by atoms with van der Waals surface area (Å²) in [6.07, 6.45) is 1.63. The molecule has 0 amide bonds. The zero-order chi connectivity index (χ0) is 13.0. The van der Waals surface area contributed by atoms with Crippen molar-refractivity contribution in [2.45, 2.75) is 32.6 Å². The lowest BCUT2D eigenvalue weighted by Crippen LogP contribution is -2.22. The molecule has 0 saturated heterocycles. The molecular formula is C10H17N3O3S. The van der Waals surface area contributed by atoms with Crippen LogP contribution in [0.25, 0.3) is 0 Å². The van der Waals surface area contributed by atoms with Crippen LogP contribution >= 0.6 is 0 Å². The summed E-state index contributed by atoms with van der Waals surface area (Å²) < 4.78 is 17.9. The smallest absolute Gasteiger partial charge is 0.376 e. The molecule has 6 nitrogen and oxygen atoms in total. The Morgan fingerprint density at radius 2 is 2.18 bits per heavy atom. The van der Waals surface area contributed by atoms with Gasteiger partial charge in [-0.05, 0) is 20.8 Å². The third kappa shape index (κ3) is 3.36.